The number of aliphatic hydroxyl groups is 1. The molecule has 0 radical (unpaired) electrons. The predicted molar refractivity (Wildman–Crippen MR) is 72.0 cm³/mol. The van der Waals surface area contributed by atoms with E-state index in [1.165, 1.54) is 36.4 Å². The van der Waals surface area contributed by atoms with Crippen molar-refractivity contribution >= 4 is 23.2 Å². The highest BCUT2D eigenvalue weighted by atomic mass is 35.5. The summed E-state index contributed by atoms with van der Waals surface area (Å²) in [6.07, 6.45) is -5.96. The Morgan fingerprint density at radius 3 is 2.20 bits per heavy atom. The van der Waals surface area contributed by atoms with Crippen molar-refractivity contribution in [2.45, 2.75) is 12.3 Å². The van der Waals surface area contributed by atoms with Crippen molar-refractivity contribution in [1.29, 1.82) is 0 Å². The number of benzene rings is 2. The molecule has 0 fully saturated rings. The van der Waals surface area contributed by atoms with Crippen molar-refractivity contribution in [1.82, 2.24) is 0 Å². The van der Waals surface area contributed by atoms with Gasteiger partial charge in [-0.05, 0) is 29.3 Å². The van der Waals surface area contributed by atoms with Crippen LogP contribution >= 0.6 is 23.2 Å². The second-order valence-corrected chi connectivity index (χ2v) is 4.98. The second kappa shape index (κ2) is 5.64. The molecule has 1 N–H and O–H groups in total. The van der Waals surface area contributed by atoms with E-state index in [4.69, 9.17) is 23.2 Å². The van der Waals surface area contributed by atoms with Crippen molar-refractivity contribution in [3.63, 3.8) is 0 Å². The molecule has 2 aromatic carbocycles. The lowest BCUT2D eigenvalue weighted by atomic mass is 9.96. The van der Waals surface area contributed by atoms with Crippen LogP contribution in [0.1, 0.15) is 22.8 Å². The molecule has 0 aliphatic heterocycles. The molecule has 0 saturated heterocycles. The molecule has 0 heterocycles. The van der Waals surface area contributed by atoms with Crippen LogP contribution in [0.3, 0.4) is 0 Å². The Balaban J connectivity index is 2.48. The molecule has 0 saturated carbocycles. The van der Waals surface area contributed by atoms with Crippen LogP contribution in [0, 0.1) is 0 Å². The van der Waals surface area contributed by atoms with E-state index in [9.17, 15) is 18.3 Å². The van der Waals surface area contributed by atoms with E-state index in [0.717, 1.165) is 6.07 Å². The first-order chi connectivity index (χ1) is 9.30. The van der Waals surface area contributed by atoms with Gasteiger partial charge in [-0.25, -0.2) is 0 Å². The molecule has 20 heavy (non-hydrogen) atoms. The van der Waals surface area contributed by atoms with Gasteiger partial charge in [0.25, 0.3) is 0 Å². The summed E-state index contributed by atoms with van der Waals surface area (Å²) in [7, 11) is 0. The van der Waals surface area contributed by atoms with Crippen LogP contribution in [0.4, 0.5) is 13.2 Å². The summed E-state index contributed by atoms with van der Waals surface area (Å²) in [6.45, 7) is 0. The molecular formula is C14H9Cl2F3O. The van der Waals surface area contributed by atoms with E-state index in [0.29, 0.717) is 0 Å². The topological polar surface area (TPSA) is 20.2 Å². The quantitative estimate of drug-likeness (QED) is 0.816. The Kier molecular flexibility index (Phi) is 4.28. The Bertz CT molecular complexity index is 626. The fraction of sp³-hybridized carbons (Fsp3) is 0.143. The molecule has 0 bridgehead atoms. The van der Waals surface area contributed by atoms with E-state index in [-0.39, 0.29) is 21.2 Å². The van der Waals surface area contributed by atoms with Crippen molar-refractivity contribution in [2.24, 2.45) is 0 Å². The summed E-state index contributed by atoms with van der Waals surface area (Å²) in [5.41, 5.74) is -0.854. The normalized spacial score (nSPS) is 13.3. The highest BCUT2D eigenvalue weighted by Crippen LogP contribution is 2.37. The molecule has 2 aromatic rings. The minimum atomic E-state index is -4.53. The van der Waals surface area contributed by atoms with Crippen LogP contribution in [0.5, 0.6) is 0 Å². The lowest BCUT2D eigenvalue weighted by molar-refractivity contribution is -0.139. The zero-order valence-corrected chi connectivity index (χ0v) is 11.5. The van der Waals surface area contributed by atoms with Crippen LogP contribution in [0.2, 0.25) is 10.0 Å². The van der Waals surface area contributed by atoms with Gasteiger partial charge in [0.15, 0.2) is 0 Å². The molecule has 1 unspecified atom stereocenters. The largest absolute Gasteiger partial charge is 0.416 e. The highest BCUT2D eigenvalue weighted by Gasteiger charge is 2.34. The summed E-state index contributed by atoms with van der Waals surface area (Å²) in [4.78, 5) is 0. The molecule has 106 valence electrons. The van der Waals surface area contributed by atoms with Gasteiger partial charge < -0.3 is 5.11 Å². The van der Waals surface area contributed by atoms with Gasteiger partial charge in [0.1, 0.15) is 6.10 Å². The lowest BCUT2D eigenvalue weighted by Crippen LogP contribution is -2.12. The second-order valence-electron chi connectivity index (χ2n) is 4.16. The van der Waals surface area contributed by atoms with Crippen molar-refractivity contribution in [2.75, 3.05) is 0 Å². The number of halogens is 5. The summed E-state index contributed by atoms with van der Waals surface area (Å²) >= 11 is 11.6. The van der Waals surface area contributed by atoms with Crippen molar-refractivity contribution in [3.8, 4) is 0 Å². The highest BCUT2D eigenvalue weighted by molar-refractivity contribution is 6.42. The fourth-order valence-electron chi connectivity index (χ4n) is 1.86. The molecule has 0 aliphatic rings. The first-order valence-corrected chi connectivity index (χ1v) is 6.35. The third kappa shape index (κ3) is 3.08. The monoisotopic (exact) mass is 320 g/mol. The molecule has 1 atom stereocenters. The van der Waals surface area contributed by atoms with Gasteiger partial charge in [-0.2, -0.15) is 13.2 Å². The standard InChI is InChI=1S/C14H9Cl2F3O/c15-11-6-5-8(7-12(11)16)13(20)9-3-1-2-4-10(9)14(17,18)19/h1-7,13,20H. The van der Waals surface area contributed by atoms with Crippen LogP contribution in [-0.2, 0) is 6.18 Å². The molecule has 6 heteroatoms. The van der Waals surface area contributed by atoms with Gasteiger partial charge in [0.05, 0.1) is 15.6 Å². The number of aliphatic hydroxyl groups excluding tert-OH is 1. The molecule has 0 spiro atoms. The van der Waals surface area contributed by atoms with Gasteiger partial charge in [-0.1, -0.05) is 47.5 Å². The third-order valence-electron chi connectivity index (χ3n) is 2.82. The van der Waals surface area contributed by atoms with Gasteiger partial charge >= 0.3 is 6.18 Å². The fourth-order valence-corrected chi connectivity index (χ4v) is 2.16. The lowest BCUT2D eigenvalue weighted by Gasteiger charge is -2.18. The Hall–Kier alpha value is -1.23. The van der Waals surface area contributed by atoms with E-state index >= 15 is 0 Å². The Labute approximate surface area is 123 Å². The summed E-state index contributed by atoms with van der Waals surface area (Å²) in [5.74, 6) is 0. The predicted octanol–water partition coefficient (Wildman–Crippen LogP) is 5.09. The maximum absolute atomic E-state index is 12.9. The van der Waals surface area contributed by atoms with Gasteiger partial charge in [0, 0.05) is 0 Å². The van der Waals surface area contributed by atoms with E-state index in [1.807, 2.05) is 0 Å². The summed E-state index contributed by atoms with van der Waals surface area (Å²) < 4.78 is 38.7. The first kappa shape index (κ1) is 15.2. The number of alkyl halides is 3. The Morgan fingerprint density at radius 2 is 1.60 bits per heavy atom. The molecule has 0 aliphatic carbocycles. The van der Waals surface area contributed by atoms with Crippen molar-refractivity contribution in [3.05, 3.63) is 69.2 Å². The molecular weight excluding hydrogens is 312 g/mol. The van der Waals surface area contributed by atoms with Crippen molar-refractivity contribution < 1.29 is 18.3 Å². The van der Waals surface area contributed by atoms with E-state index < -0.39 is 17.8 Å². The zero-order chi connectivity index (χ0) is 14.9. The smallest absolute Gasteiger partial charge is 0.384 e. The molecule has 1 nitrogen and oxygen atoms in total. The minimum Gasteiger partial charge on any atom is -0.384 e. The summed E-state index contributed by atoms with van der Waals surface area (Å²) in [5, 5.41) is 10.6. The Morgan fingerprint density at radius 1 is 0.950 bits per heavy atom. The van der Waals surface area contributed by atoms with Crippen LogP contribution < -0.4 is 0 Å². The molecule has 0 amide bonds. The van der Waals surface area contributed by atoms with Gasteiger partial charge in [-0.3, -0.25) is 0 Å². The average molecular weight is 321 g/mol. The van der Waals surface area contributed by atoms with Crippen LogP contribution in [-0.4, -0.2) is 5.11 Å². The van der Waals surface area contributed by atoms with E-state index in [2.05, 4.69) is 0 Å². The number of hydrogen-bond acceptors (Lipinski definition) is 1. The maximum atomic E-state index is 12.9. The van der Waals surface area contributed by atoms with E-state index in [1.54, 1.807) is 0 Å². The molecule has 0 aromatic heterocycles. The number of hydrogen-bond donors (Lipinski definition) is 1. The first-order valence-electron chi connectivity index (χ1n) is 5.60. The average Bonchev–Trinajstić information content (AvgIpc) is 2.40. The van der Waals surface area contributed by atoms with Gasteiger partial charge in [-0.15, -0.1) is 0 Å². The molecule has 2 rings (SSSR count). The number of rotatable bonds is 2. The third-order valence-corrected chi connectivity index (χ3v) is 3.56. The minimum absolute atomic E-state index is 0.174. The van der Waals surface area contributed by atoms with Crippen LogP contribution in [0.15, 0.2) is 42.5 Å². The summed E-state index contributed by atoms with van der Waals surface area (Å²) in [6, 6.07) is 9.08. The maximum Gasteiger partial charge on any atom is 0.416 e. The van der Waals surface area contributed by atoms with Crippen LogP contribution in [0.25, 0.3) is 0 Å². The zero-order valence-electron chi connectivity index (χ0n) is 9.96. The SMILES string of the molecule is OC(c1ccc(Cl)c(Cl)c1)c1ccccc1C(F)(F)F. The van der Waals surface area contributed by atoms with Gasteiger partial charge in [0.2, 0.25) is 0 Å².